The van der Waals surface area contributed by atoms with Crippen molar-refractivity contribution in [3.8, 4) is 11.4 Å². The Kier molecular flexibility index (Phi) is 5.57. The molecule has 0 aliphatic rings. The van der Waals surface area contributed by atoms with E-state index in [1.54, 1.807) is 6.20 Å². The summed E-state index contributed by atoms with van der Waals surface area (Å²) in [5.74, 6) is 1.07. The number of aliphatic hydroxyl groups is 1. The topological polar surface area (TPSA) is 83.0 Å². The SMILES string of the molecule is C[C@@H](CO)Nc1nc(Nc2cccc(Br)c2)cc(-c2ccccn2)n1. The van der Waals surface area contributed by atoms with Crippen LogP contribution in [-0.2, 0) is 0 Å². The monoisotopic (exact) mass is 399 g/mol. The molecular formula is C18H18BrN5O. The van der Waals surface area contributed by atoms with E-state index < -0.39 is 0 Å². The van der Waals surface area contributed by atoms with Crippen molar-refractivity contribution in [3.63, 3.8) is 0 Å². The number of aliphatic hydroxyl groups excluding tert-OH is 1. The largest absolute Gasteiger partial charge is 0.394 e. The van der Waals surface area contributed by atoms with E-state index in [-0.39, 0.29) is 12.6 Å². The van der Waals surface area contributed by atoms with Gasteiger partial charge in [-0.2, -0.15) is 4.98 Å². The van der Waals surface area contributed by atoms with Gasteiger partial charge in [-0.25, -0.2) is 4.98 Å². The number of nitrogens with one attached hydrogen (secondary N) is 2. The van der Waals surface area contributed by atoms with E-state index in [2.05, 4.69) is 41.5 Å². The number of hydrogen-bond acceptors (Lipinski definition) is 6. The van der Waals surface area contributed by atoms with Gasteiger partial charge in [-0.15, -0.1) is 0 Å². The summed E-state index contributed by atoms with van der Waals surface area (Å²) in [4.78, 5) is 13.3. The minimum atomic E-state index is -0.155. The van der Waals surface area contributed by atoms with Crippen molar-refractivity contribution in [1.29, 1.82) is 0 Å². The summed E-state index contributed by atoms with van der Waals surface area (Å²) in [5, 5.41) is 15.6. The number of aromatic nitrogens is 3. The van der Waals surface area contributed by atoms with Gasteiger partial charge in [-0.1, -0.05) is 28.1 Å². The Balaban J connectivity index is 1.97. The molecule has 0 unspecified atom stereocenters. The van der Waals surface area contributed by atoms with Crippen LogP contribution in [0.1, 0.15) is 6.92 Å². The molecule has 0 aliphatic heterocycles. The minimum absolute atomic E-state index is 0.00836. The zero-order valence-electron chi connectivity index (χ0n) is 13.6. The maximum absolute atomic E-state index is 9.27. The third kappa shape index (κ3) is 4.74. The summed E-state index contributed by atoms with van der Waals surface area (Å²) >= 11 is 3.46. The average Bonchev–Trinajstić information content (AvgIpc) is 2.62. The fourth-order valence-corrected chi connectivity index (χ4v) is 2.60. The molecule has 1 aromatic carbocycles. The highest BCUT2D eigenvalue weighted by molar-refractivity contribution is 9.10. The molecule has 1 atom stereocenters. The van der Waals surface area contributed by atoms with Gasteiger partial charge in [0.2, 0.25) is 5.95 Å². The van der Waals surface area contributed by atoms with E-state index in [0.717, 1.165) is 15.9 Å². The lowest BCUT2D eigenvalue weighted by atomic mass is 10.2. The first-order valence-corrected chi connectivity index (χ1v) is 8.64. The van der Waals surface area contributed by atoms with Crippen molar-refractivity contribution in [1.82, 2.24) is 15.0 Å². The van der Waals surface area contributed by atoms with Crippen LogP contribution in [0.4, 0.5) is 17.5 Å². The van der Waals surface area contributed by atoms with E-state index in [4.69, 9.17) is 0 Å². The highest BCUT2D eigenvalue weighted by atomic mass is 79.9. The first kappa shape index (κ1) is 17.3. The van der Waals surface area contributed by atoms with E-state index >= 15 is 0 Å². The quantitative estimate of drug-likeness (QED) is 0.583. The standard InChI is InChI=1S/C18H18BrN5O/c1-12(11-25)21-18-23-16(15-7-2-3-8-20-15)10-17(24-18)22-14-6-4-5-13(19)9-14/h2-10,12,25H,11H2,1H3,(H2,21,22,23,24)/t12-/m0/s1. The van der Waals surface area contributed by atoms with Crippen LogP contribution in [0.25, 0.3) is 11.4 Å². The summed E-state index contributed by atoms with van der Waals surface area (Å²) < 4.78 is 0.976. The Hall–Kier alpha value is -2.51. The maximum atomic E-state index is 9.27. The van der Waals surface area contributed by atoms with Crippen LogP contribution in [-0.4, -0.2) is 32.7 Å². The smallest absolute Gasteiger partial charge is 0.225 e. The predicted octanol–water partition coefficient (Wildman–Crippen LogP) is 3.84. The molecule has 0 aliphatic carbocycles. The lowest BCUT2D eigenvalue weighted by Gasteiger charge is -2.14. The number of anilines is 3. The summed E-state index contributed by atoms with van der Waals surface area (Å²) in [7, 11) is 0. The van der Waals surface area contributed by atoms with Crippen molar-refractivity contribution in [2.45, 2.75) is 13.0 Å². The lowest BCUT2D eigenvalue weighted by Crippen LogP contribution is -2.21. The van der Waals surface area contributed by atoms with Crippen molar-refractivity contribution >= 4 is 33.4 Å². The predicted molar refractivity (Wildman–Crippen MR) is 103 cm³/mol. The zero-order chi connectivity index (χ0) is 17.6. The van der Waals surface area contributed by atoms with Crippen LogP contribution in [0, 0.1) is 0 Å². The van der Waals surface area contributed by atoms with Crippen molar-refractivity contribution in [2.24, 2.45) is 0 Å². The molecule has 128 valence electrons. The highest BCUT2D eigenvalue weighted by Crippen LogP contribution is 2.24. The van der Waals surface area contributed by atoms with Gasteiger partial charge in [0.05, 0.1) is 18.0 Å². The number of benzene rings is 1. The second-order valence-corrected chi connectivity index (χ2v) is 6.46. The van der Waals surface area contributed by atoms with Gasteiger partial charge in [-0.05, 0) is 37.3 Å². The second kappa shape index (κ2) is 8.04. The number of nitrogens with zero attached hydrogens (tertiary/aromatic N) is 3. The first-order chi connectivity index (χ1) is 12.1. The minimum Gasteiger partial charge on any atom is -0.394 e. The summed E-state index contributed by atoms with van der Waals surface area (Å²) in [6.07, 6.45) is 1.72. The Bertz CT molecular complexity index is 844. The number of rotatable bonds is 6. The molecular weight excluding hydrogens is 382 g/mol. The molecule has 0 radical (unpaired) electrons. The molecule has 6 nitrogen and oxygen atoms in total. The van der Waals surface area contributed by atoms with E-state index in [1.165, 1.54) is 0 Å². The number of pyridine rings is 1. The van der Waals surface area contributed by atoms with Crippen LogP contribution < -0.4 is 10.6 Å². The molecule has 3 aromatic rings. The number of halogens is 1. The van der Waals surface area contributed by atoms with Gasteiger partial charge in [0.1, 0.15) is 5.82 Å². The fourth-order valence-electron chi connectivity index (χ4n) is 2.20. The average molecular weight is 400 g/mol. The van der Waals surface area contributed by atoms with Gasteiger partial charge < -0.3 is 15.7 Å². The van der Waals surface area contributed by atoms with Crippen LogP contribution in [0.2, 0.25) is 0 Å². The van der Waals surface area contributed by atoms with E-state index in [0.29, 0.717) is 17.5 Å². The molecule has 25 heavy (non-hydrogen) atoms. The number of hydrogen-bond donors (Lipinski definition) is 3. The van der Waals surface area contributed by atoms with Gasteiger partial charge in [0.15, 0.2) is 0 Å². The van der Waals surface area contributed by atoms with E-state index in [9.17, 15) is 5.11 Å². The van der Waals surface area contributed by atoms with Crippen LogP contribution in [0.15, 0.2) is 59.2 Å². The Morgan fingerprint density at radius 3 is 2.68 bits per heavy atom. The molecule has 0 spiro atoms. The maximum Gasteiger partial charge on any atom is 0.225 e. The third-order valence-electron chi connectivity index (χ3n) is 3.40. The zero-order valence-corrected chi connectivity index (χ0v) is 15.2. The highest BCUT2D eigenvalue weighted by Gasteiger charge is 2.10. The van der Waals surface area contributed by atoms with Crippen molar-refractivity contribution in [2.75, 3.05) is 17.2 Å². The van der Waals surface area contributed by atoms with E-state index in [1.807, 2.05) is 55.5 Å². The van der Waals surface area contributed by atoms with Crippen molar-refractivity contribution in [3.05, 3.63) is 59.2 Å². The molecule has 0 saturated carbocycles. The Labute approximate surface area is 154 Å². The molecule has 2 heterocycles. The molecule has 3 N–H and O–H groups in total. The Morgan fingerprint density at radius 2 is 1.96 bits per heavy atom. The van der Waals surface area contributed by atoms with Crippen LogP contribution in [0.3, 0.4) is 0 Å². The van der Waals surface area contributed by atoms with Crippen LogP contribution in [0.5, 0.6) is 0 Å². The van der Waals surface area contributed by atoms with Crippen LogP contribution >= 0.6 is 15.9 Å². The molecule has 7 heteroatoms. The van der Waals surface area contributed by atoms with Gasteiger partial charge in [0.25, 0.3) is 0 Å². The van der Waals surface area contributed by atoms with Gasteiger partial charge in [-0.3, -0.25) is 4.98 Å². The third-order valence-corrected chi connectivity index (χ3v) is 3.89. The molecule has 0 bridgehead atoms. The first-order valence-electron chi connectivity index (χ1n) is 7.84. The lowest BCUT2D eigenvalue weighted by molar-refractivity contribution is 0.281. The van der Waals surface area contributed by atoms with Crippen molar-refractivity contribution < 1.29 is 5.11 Å². The second-order valence-electron chi connectivity index (χ2n) is 5.54. The summed E-state index contributed by atoms with van der Waals surface area (Å²) in [6.45, 7) is 1.85. The summed E-state index contributed by atoms with van der Waals surface area (Å²) in [6, 6.07) is 15.2. The molecule has 2 aromatic heterocycles. The molecule has 0 amide bonds. The normalized spacial score (nSPS) is 11.8. The Morgan fingerprint density at radius 1 is 1.08 bits per heavy atom. The molecule has 0 fully saturated rings. The van der Waals surface area contributed by atoms with Gasteiger partial charge >= 0.3 is 0 Å². The molecule has 0 saturated heterocycles. The fraction of sp³-hybridized carbons (Fsp3) is 0.167. The molecule has 3 rings (SSSR count). The van der Waals surface area contributed by atoms with Gasteiger partial charge in [0, 0.05) is 28.5 Å². The summed E-state index contributed by atoms with van der Waals surface area (Å²) in [5.41, 5.74) is 2.35.